The molecule has 2 aromatic heterocycles. The van der Waals surface area contributed by atoms with Gasteiger partial charge in [-0.05, 0) is 43.2 Å². The first-order valence-corrected chi connectivity index (χ1v) is 10.6. The second-order valence-electron chi connectivity index (χ2n) is 8.20. The van der Waals surface area contributed by atoms with Gasteiger partial charge in [0.15, 0.2) is 5.58 Å². The van der Waals surface area contributed by atoms with E-state index in [2.05, 4.69) is 15.4 Å². The van der Waals surface area contributed by atoms with Crippen LogP contribution in [0.15, 0.2) is 59.0 Å². The zero-order valence-electron chi connectivity index (χ0n) is 18.6. The highest BCUT2D eigenvalue weighted by atomic mass is 19.4. The molecule has 2 N–H and O–H groups in total. The first kappa shape index (κ1) is 23.5. The zero-order valence-corrected chi connectivity index (χ0v) is 18.6. The van der Waals surface area contributed by atoms with Gasteiger partial charge in [0, 0.05) is 12.2 Å². The fourth-order valence-electron chi connectivity index (χ4n) is 3.69. The molecular formula is C24H23F3N4O3. The summed E-state index contributed by atoms with van der Waals surface area (Å²) in [5, 5.41) is 17.3. The van der Waals surface area contributed by atoms with Crippen molar-refractivity contribution >= 4 is 17.0 Å². The Bertz CT molecular complexity index is 1300. The maximum absolute atomic E-state index is 13.8. The van der Waals surface area contributed by atoms with Crippen LogP contribution in [0.5, 0.6) is 0 Å². The Labute approximate surface area is 193 Å². The zero-order chi connectivity index (χ0) is 24.5. The molecule has 34 heavy (non-hydrogen) atoms. The van der Waals surface area contributed by atoms with Crippen molar-refractivity contribution in [2.45, 2.75) is 45.1 Å². The molecule has 1 atom stereocenters. The second-order valence-corrected chi connectivity index (χ2v) is 8.20. The number of nitrogens with one attached hydrogen (secondary N) is 1. The molecule has 0 bridgehead atoms. The van der Waals surface area contributed by atoms with Gasteiger partial charge < -0.3 is 14.8 Å². The van der Waals surface area contributed by atoms with Gasteiger partial charge in [-0.2, -0.15) is 18.3 Å². The Morgan fingerprint density at radius 3 is 2.50 bits per heavy atom. The van der Waals surface area contributed by atoms with Gasteiger partial charge in [0.2, 0.25) is 17.4 Å². The summed E-state index contributed by atoms with van der Waals surface area (Å²) < 4.78 is 48.4. The van der Waals surface area contributed by atoms with Gasteiger partial charge >= 0.3 is 6.18 Å². The van der Waals surface area contributed by atoms with E-state index in [9.17, 15) is 23.1 Å². The smallest absolute Gasteiger partial charge is 0.426 e. The number of halogens is 3. The lowest BCUT2D eigenvalue weighted by molar-refractivity contribution is -0.274. The highest BCUT2D eigenvalue weighted by Crippen LogP contribution is 2.42. The normalized spacial score (nSPS) is 13.7. The highest BCUT2D eigenvalue weighted by Gasteiger charge is 2.59. The molecule has 0 spiro atoms. The third-order valence-corrected chi connectivity index (χ3v) is 5.45. The molecule has 10 heteroatoms. The van der Waals surface area contributed by atoms with Crippen molar-refractivity contribution in [1.29, 1.82) is 0 Å². The lowest BCUT2D eigenvalue weighted by Crippen LogP contribution is -2.46. The molecule has 0 aliphatic heterocycles. The Kier molecular flexibility index (Phi) is 6.18. The monoisotopic (exact) mass is 472 g/mol. The molecule has 1 unspecified atom stereocenters. The van der Waals surface area contributed by atoms with Crippen LogP contribution < -0.4 is 5.32 Å². The molecule has 0 saturated carbocycles. The number of aromatic nitrogens is 3. The summed E-state index contributed by atoms with van der Waals surface area (Å²) in [6.07, 6.45) is -6.46. The molecule has 0 aliphatic carbocycles. The number of hydrogen-bond acceptors (Lipinski definition) is 5. The maximum atomic E-state index is 13.8. The summed E-state index contributed by atoms with van der Waals surface area (Å²) in [5.41, 5.74) is 0.202. The predicted octanol–water partition coefficient (Wildman–Crippen LogP) is 4.15. The molecule has 0 aliphatic rings. The van der Waals surface area contributed by atoms with Crippen molar-refractivity contribution < 1.29 is 27.5 Å². The van der Waals surface area contributed by atoms with Crippen LogP contribution in [-0.2, 0) is 23.5 Å². The molecule has 0 radical (unpaired) electrons. The van der Waals surface area contributed by atoms with E-state index < -0.39 is 30.0 Å². The van der Waals surface area contributed by atoms with Gasteiger partial charge in [-0.25, -0.2) is 4.98 Å². The molecule has 7 nitrogen and oxygen atoms in total. The molecule has 4 aromatic rings. The number of aryl methyl sites for hydroxylation is 2. The van der Waals surface area contributed by atoms with Crippen molar-refractivity contribution in [2.24, 2.45) is 0 Å². The Morgan fingerprint density at radius 2 is 1.82 bits per heavy atom. The van der Waals surface area contributed by atoms with E-state index >= 15 is 0 Å². The summed E-state index contributed by atoms with van der Waals surface area (Å²) in [7, 11) is 0. The third kappa shape index (κ3) is 4.81. The van der Waals surface area contributed by atoms with Gasteiger partial charge in [-0.1, -0.05) is 36.4 Å². The van der Waals surface area contributed by atoms with Gasteiger partial charge in [0.05, 0.1) is 18.7 Å². The SMILES string of the molecule is Cc1cc(C)n(Cc2cccc(CNC(=O)CC(O)(c3nc4ccccc4o3)C(F)(F)F)c2)n1. The van der Waals surface area contributed by atoms with E-state index in [4.69, 9.17) is 4.42 Å². The van der Waals surface area contributed by atoms with E-state index in [-0.39, 0.29) is 17.6 Å². The number of amides is 1. The topological polar surface area (TPSA) is 93.2 Å². The number of rotatable bonds is 7. The number of aliphatic hydroxyl groups is 1. The number of nitrogens with zero attached hydrogens (tertiary/aromatic N) is 3. The Hall–Kier alpha value is -3.66. The number of benzene rings is 2. The first-order chi connectivity index (χ1) is 16.0. The summed E-state index contributed by atoms with van der Waals surface area (Å²) >= 11 is 0. The summed E-state index contributed by atoms with van der Waals surface area (Å²) in [6, 6.07) is 15.3. The quantitative estimate of drug-likeness (QED) is 0.422. The van der Waals surface area contributed by atoms with Crippen molar-refractivity contribution in [2.75, 3.05) is 0 Å². The number of alkyl halides is 3. The van der Waals surface area contributed by atoms with Crippen molar-refractivity contribution in [3.63, 3.8) is 0 Å². The molecule has 0 fully saturated rings. The van der Waals surface area contributed by atoms with Crippen LogP contribution in [0.25, 0.3) is 11.1 Å². The molecule has 2 heterocycles. The number of carbonyl (C=O) groups excluding carboxylic acids is 1. The largest absolute Gasteiger partial charge is 0.437 e. The van der Waals surface area contributed by atoms with Gasteiger partial charge in [0.25, 0.3) is 0 Å². The number of carbonyl (C=O) groups is 1. The number of hydrogen-bond donors (Lipinski definition) is 2. The van der Waals surface area contributed by atoms with Crippen LogP contribution in [0.1, 0.15) is 34.8 Å². The Morgan fingerprint density at radius 1 is 1.09 bits per heavy atom. The lowest BCUT2D eigenvalue weighted by Gasteiger charge is -2.26. The van der Waals surface area contributed by atoms with Crippen molar-refractivity contribution in [3.8, 4) is 0 Å². The maximum Gasteiger partial charge on any atom is 0.426 e. The minimum Gasteiger partial charge on any atom is -0.437 e. The standard InChI is InChI=1S/C24H23F3N4O3/c1-15-10-16(2)31(30-15)14-18-7-5-6-17(11-18)13-28-21(32)12-23(33,24(25,26)27)22-29-19-8-3-4-9-20(19)34-22/h3-11,33H,12-14H2,1-2H3,(H,28,32). The highest BCUT2D eigenvalue weighted by molar-refractivity contribution is 5.78. The molecule has 178 valence electrons. The van der Waals surface area contributed by atoms with Gasteiger partial charge in [0.1, 0.15) is 5.52 Å². The van der Waals surface area contributed by atoms with E-state index in [1.165, 1.54) is 12.1 Å². The average Bonchev–Trinajstić information content (AvgIpc) is 3.34. The minimum atomic E-state index is -5.18. The lowest BCUT2D eigenvalue weighted by atomic mass is 9.98. The minimum absolute atomic E-state index is 0.00864. The average molecular weight is 472 g/mol. The number of oxazole rings is 1. The fourth-order valence-corrected chi connectivity index (χ4v) is 3.69. The molecule has 4 rings (SSSR count). The summed E-state index contributed by atoms with van der Waals surface area (Å²) in [5.74, 6) is -1.96. The van der Waals surface area contributed by atoms with Crippen LogP contribution in [-0.4, -0.2) is 32.0 Å². The van der Waals surface area contributed by atoms with Crippen molar-refractivity contribution in [3.05, 3.63) is 83.0 Å². The van der Waals surface area contributed by atoms with Crippen molar-refractivity contribution in [1.82, 2.24) is 20.1 Å². The first-order valence-electron chi connectivity index (χ1n) is 10.6. The van der Waals surface area contributed by atoms with Gasteiger partial charge in [-0.3, -0.25) is 9.48 Å². The van der Waals surface area contributed by atoms with E-state index in [1.807, 2.05) is 36.7 Å². The molecule has 1 amide bonds. The summed E-state index contributed by atoms with van der Waals surface area (Å²) in [4.78, 5) is 16.2. The number of fused-ring (bicyclic) bond motifs is 1. The van der Waals surface area contributed by atoms with Gasteiger partial charge in [-0.15, -0.1) is 0 Å². The Balaban J connectivity index is 1.46. The number of para-hydroxylation sites is 2. The van der Waals surface area contributed by atoms with Crippen LogP contribution in [0.2, 0.25) is 0 Å². The predicted molar refractivity (Wildman–Crippen MR) is 118 cm³/mol. The third-order valence-electron chi connectivity index (χ3n) is 5.45. The fraction of sp³-hybridized carbons (Fsp3) is 0.292. The van der Waals surface area contributed by atoms with Crippen LogP contribution in [0.3, 0.4) is 0 Å². The van der Waals surface area contributed by atoms with Crippen LogP contribution >= 0.6 is 0 Å². The van der Waals surface area contributed by atoms with E-state index in [0.29, 0.717) is 12.1 Å². The molecular weight excluding hydrogens is 449 g/mol. The van der Waals surface area contributed by atoms with Crippen LogP contribution in [0, 0.1) is 13.8 Å². The molecule has 2 aromatic carbocycles. The summed E-state index contributed by atoms with van der Waals surface area (Å²) in [6.45, 7) is 4.36. The van der Waals surface area contributed by atoms with Crippen LogP contribution in [0.4, 0.5) is 13.2 Å². The van der Waals surface area contributed by atoms with E-state index in [0.717, 1.165) is 17.0 Å². The second kappa shape index (κ2) is 8.94. The molecule has 0 saturated heterocycles. The van der Waals surface area contributed by atoms with E-state index in [1.54, 1.807) is 24.3 Å².